The molecule has 2 aromatic carbocycles. The van der Waals surface area contributed by atoms with Gasteiger partial charge in [0.15, 0.2) is 5.82 Å². The Morgan fingerprint density at radius 2 is 1.88 bits per heavy atom. The lowest BCUT2D eigenvalue weighted by molar-refractivity contribution is -0.00287. The number of rotatable bonds is 4. The molecular weight excluding hydrogens is 362 g/mol. The van der Waals surface area contributed by atoms with Crippen molar-refractivity contribution in [2.75, 3.05) is 17.3 Å². The topological polar surface area (TPSA) is 41.6 Å². The zero-order chi connectivity index (χ0) is 19.1. The highest BCUT2D eigenvalue weighted by atomic mass is 35.5. The molecule has 26 heavy (non-hydrogen) atoms. The Morgan fingerprint density at radius 3 is 2.50 bits per heavy atom. The van der Waals surface area contributed by atoms with Crippen LogP contribution in [0.1, 0.15) is 32.3 Å². The highest BCUT2D eigenvalue weighted by Crippen LogP contribution is 2.46. The summed E-state index contributed by atoms with van der Waals surface area (Å²) in [6, 6.07) is 7.27. The molecule has 0 aromatic heterocycles. The number of anilines is 3. The number of fused-ring (bicyclic) bond motifs is 1. The van der Waals surface area contributed by atoms with E-state index in [1.807, 2.05) is 13.8 Å². The Morgan fingerprint density at radius 1 is 1.19 bits per heavy atom. The van der Waals surface area contributed by atoms with Crippen LogP contribution >= 0.6 is 11.6 Å². The smallest absolute Gasteiger partial charge is 0.414 e. The quantitative estimate of drug-likeness (QED) is 0.711. The van der Waals surface area contributed by atoms with Crippen molar-refractivity contribution in [1.82, 2.24) is 0 Å². The molecule has 1 aliphatic rings. The first-order valence-corrected chi connectivity index (χ1v) is 8.72. The Bertz CT molecular complexity index is 869. The van der Waals surface area contributed by atoms with E-state index < -0.39 is 23.3 Å². The molecule has 138 valence electrons. The fourth-order valence-corrected chi connectivity index (χ4v) is 3.42. The molecule has 0 atom stereocenters. The minimum Gasteiger partial charge on any atom is -0.437 e. The minimum absolute atomic E-state index is 0.0569. The normalized spacial score (nSPS) is 15.5. The second kappa shape index (κ2) is 6.76. The summed E-state index contributed by atoms with van der Waals surface area (Å²) in [6.07, 6.45) is 0.379. The first-order chi connectivity index (χ1) is 12.3. The van der Waals surface area contributed by atoms with Crippen molar-refractivity contribution in [3.8, 4) is 0 Å². The van der Waals surface area contributed by atoms with Crippen molar-refractivity contribution in [2.24, 2.45) is 0 Å². The molecule has 7 heteroatoms. The molecule has 1 amide bonds. The van der Waals surface area contributed by atoms with Gasteiger partial charge < -0.3 is 10.1 Å². The van der Waals surface area contributed by atoms with Gasteiger partial charge in [0.25, 0.3) is 0 Å². The summed E-state index contributed by atoms with van der Waals surface area (Å²) in [6.45, 7) is 3.70. The van der Waals surface area contributed by atoms with Gasteiger partial charge in [-0.25, -0.2) is 13.6 Å². The summed E-state index contributed by atoms with van der Waals surface area (Å²) in [5.41, 5.74) is 0.438. The molecule has 0 unspecified atom stereocenters. The van der Waals surface area contributed by atoms with Gasteiger partial charge in [-0.05, 0) is 43.2 Å². The lowest BCUT2D eigenvalue weighted by Crippen LogP contribution is -2.44. The van der Waals surface area contributed by atoms with Gasteiger partial charge in [0.1, 0.15) is 11.4 Å². The van der Waals surface area contributed by atoms with E-state index in [1.54, 1.807) is 13.1 Å². The minimum atomic E-state index is -1.03. The SMILES string of the molecule is CCC1(CC)OC(=O)N(C)c2ccc(Nc3ccc(F)c(Cl)c3)c(F)c21. The largest absolute Gasteiger partial charge is 0.437 e. The third-order valence-electron chi connectivity index (χ3n) is 4.83. The average Bonchev–Trinajstić information content (AvgIpc) is 2.63. The second-order valence-corrected chi connectivity index (χ2v) is 6.61. The van der Waals surface area contributed by atoms with Gasteiger partial charge in [-0.15, -0.1) is 0 Å². The molecule has 2 aromatic rings. The Kier molecular flexibility index (Phi) is 4.80. The molecule has 0 spiro atoms. The van der Waals surface area contributed by atoms with Crippen molar-refractivity contribution >= 4 is 34.8 Å². The summed E-state index contributed by atoms with van der Waals surface area (Å²) < 4.78 is 34.3. The van der Waals surface area contributed by atoms with Gasteiger partial charge in [0.2, 0.25) is 0 Å². The highest BCUT2D eigenvalue weighted by molar-refractivity contribution is 6.31. The number of hydrogen-bond acceptors (Lipinski definition) is 3. The fourth-order valence-electron chi connectivity index (χ4n) is 3.24. The van der Waals surface area contributed by atoms with Crippen LogP contribution in [0.15, 0.2) is 30.3 Å². The molecule has 3 rings (SSSR count). The summed E-state index contributed by atoms with van der Waals surface area (Å²) in [5.74, 6) is -1.06. The highest BCUT2D eigenvalue weighted by Gasteiger charge is 2.44. The number of benzene rings is 2. The molecular formula is C19H19ClF2N2O2. The molecule has 4 nitrogen and oxygen atoms in total. The van der Waals surface area contributed by atoms with Gasteiger partial charge >= 0.3 is 6.09 Å². The van der Waals surface area contributed by atoms with Crippen molar-refractivity contribution in [1.29, 1.82) is 0 Å². The molecule has 0 fully saturated rings. The molecule has 0 bridgehead atoms. The molecule has 0 saturated carbocycles. The zero-order valence-corrected chi connectivity index (χ0v) is 15.5. The molecule has 0 radical (unpaired) electrons. The van der Waals surface area contributed by atoms with Gasteiger partial charge in [-0.1, -0.05) is 25.4 Å². The maximum absolute atomic E-state index is 15.4. The molecule has 1 N–H and O–H groups in total. The van der Waals surface area contributed by atoms with E-state index in [1.165, 1.54) is 29.2 Å². The Balaban J connectivity index is 2.11. The standard InChI is InChI=1S/C19H19ClF2N2O2/c1-4-19(5-2)16-15(24(3)18(25)26-19)9-8-14(17(16)22)23-11-6-7-13(21)12(20)10-11/h6-10,23H,4-5H2,1-3H3. The number of carbonyl (C=O) groups is 1. The van der Waals surface area contributed by atoms with Gasteiger partial charge in [-0.2, -0.15) is 0 Å². The van der Waals surface area contributed by atoms with Crippen LogP contribution in [0.2, 0.25) is 5.02 Å². The van der Waals surface area contributed by atoms with E-state index in [-0.39, 0.29) is 10.7 Å². The van der Waals surface area contributed by atoms with Crippen LogP contribution in [-0.4, -0.2) is 13.1 Å². The Hall–Kier alpha value is -2.34. The number of amides is 1. The van der Waals surface area contributed by atoms with Crippen LogP contribution in [0, 0.1) is 11.6 Å². The average molecular weight is 381 g/mol. The third kappa shape index (κ3) is 2.88. The van der Waals surface area contributed by atoms with Crippen LogP contribution in [-0.2, 0) is 10.3 Å². The maximum Gasteiger partial charge on any atom is 0.414 e. The van der Waals surface area contributed by atoms with E-state index >= 15 is 4.39 Å². The van der Waals surface area contributed by atoms with Gasteiger partial charge in [-0.3, -0.25) is 4.90 Å². The van der Waals surface area contributed by atoms with Crippen molar-refractivity contribution in [3.63, 3.8) is 0 Å². The third-order valence-corrected chi connectivity index (χ3v) is 5.12. The number of hydrogen-bond donors (Lipinski definition) is 1. The van der Waals surface area contributed by atoms with Crippen molar-refractivity contribution in [3.05, 3.63) is 52.6 Å². The summed E-state index contributed by atoms with van der Waals surface area (Å²) in [4.78, 5) is 13.5. The van der Waals surface area contributed by atoms with Crippen molar-refractivity contribution < 1.29 is 18.3 Å². The van der Waals surface area contributed by atoms with Crippen LogP contribution in [0.4, 0.5) is 30.6 Å². The zero-order valence-electron chi connectivity index (χ0n) is 14.7. The number of ether oxygens (including phenoxy) is 1. The first kappa shape index (κ1) is 18.5. The summed E-state index contributed by atoms with van der Waals surface area (Å²) >= 11 is 5.79. The maximum atomic E-state index is 15.4. The van der Waals surface area contributed by atoms with E-state index in [4.69, 9.17) is 16.3 Å². The van der Waals surface area contributed by atoms with E-state index in [0.717, 1.165) is 0 Å². The number of cyclic esters (lactones) is 1. The van der Waals surface area contributed by atoms with Gasteiger partial charge in [0.05, 0.1) is 22.0 Å². The monoisotopic (exact) mass is 380 g/mol. The number of carbonyl (C=O) groups excluding carboxylic acids is 1. The predicted molar refractivity (Wildman–Crippen MR) is 98.2 cm³/mol. The lowest BCUT2D eigenvalue weighted by atomic mass is 9.85. The second-order valence-electron chi connectivity index (χ2n) is 6.20. The summed E-state index contributed by atoms with van der Waals surface area (Å²) in [5, 5.41) is 2.86. The molecule has 1 aliphatic heterocycles. The van der Waals surface area contributed by atoms with Crippen LogP contribution in [0.5, 0.6) is 0 Å². The lowest BCUT2D eigenvalue weighted by Gasteiger charge is -2.41. The number of halogens is 3. The van der Waals surface area contributed by atoms with Crippen LogP contribution < -0.4 is 10.2 Å². The van der Waals surface area contributed by atoms with E-state index in [2.05, 4.69) is 5.32 Å². The van der Waals surface area contributed by atoms with Crippen molar-refractivity contribution in [2.45, 2.75) is 32.3 Å². The van der Waals surface area contributed by atoms with Crippen LogP contribution in [0.3, 0.4) is 0 Å². The van der Waals surface area contributed by atoms with Crippen LogP contribution in [0.25, 0.3) is 0 Å². The molecule has 0 saturated heterocycles. The summed E-state index contributed by atoms with van der Waals surface area (Å²) in [7, 11) is 1.54. The number of nitrogens with zero attached hydrogens (tertiary/aromatic N) is 1. The fraction of sp³-hybridized carbons (Fsp3) is 0.316. The molecule has 0 aliphatic carbocycles. The molecule has 1 heterocycles. The number of nitrogens with one attached hydrogen (secondary N) is 1. The predicted octanol–water partition coefficient (Wildman–Crippen LogP) is 5.96. The van der Waals surface area contributed by atoms with E-state index in [9.17, 15) is 9.18 Å². The van der Waals surface area contributed by atoms with E-state index in [0.29, 0.717) is 29.8 Å². The Labute approximate surface area is 155 Å². The first-order valence-electron chi connectivity index (χ1n) is 8.34. The van der Waals surface area contributed by atoms with Gasteiger partial charge in [0, 0.05) is 12.7 Å².